The van der Waals surface area contributed by atoms with Crippen molar-refractivity contribution in [1.29, 1.82) is 0 Å². The van der Waals surface area contributed by atoms with Crippen molar-refractivity contribution < 1.29 is 28.5 Å². The monoisotopic (exact) mass is 411 g/mol. The molecule has 0 spiro atoms. The van der Waals surface area contributed by atoms with Crippen LogP contribution in [-0.2, 0) is 20.9 Å². The molecule has 0 saturated carbocycles. The van der Waals surface area contributed by atoms with Gasteiger partial charge in [-0.1, -0.05) is 24.3 Å². The molecule has 0 saturated heterocycles. The van der Waals surface area contributed by atoms with Crippen LogP contribution in [-0.4, -0.2) is 38.3 Å². The van der Waals surface area contributed by atoms with Crippen molar-refractivity contribution in [1.82, 2.24) is 5.32 Å². The number of methoxy groups -OCH3 is 1. The summed E-state index contributed by atoms with van der Waals surface area (Å²) in [5.74, 6) is 1.01. The molecule has 0 aromatic heterocycles. The van der Waals surface area contributed by atoms with Crippen LogP contribution in [0.1, 0.15) is 24.5 Å². The smallest absolute Gasteiger partial charge is 0.331 e. The van der Waals surface area contributed by atoms with Crippen molar-refractivity contribution in [3.63, 3.8) is 0 Å². The summed E-state index contributed by atoms with van der Waals surface area (Å²) >= 11 is 0. The first-order valence-corrected chi connectivity index (χ1v) is 9.75. The van der Waals surface area contributed by atoms with Crippen molar-refractivity contribution in [2.75, 3.05) is 20.3 Å². The van der Waals surface area contributed by atoms with Gasteiger partial charge in [-0.05, 0) is 36.8 Å². The first-order chi connectivity index (χ1) is 14.6. The maximum atomic E-state index is 12.2. The predicted octanol–water partition coefficient (Wildman–Crippen LogP) is 3.12. The zero-order valence-electron chi connectivity index (χ0n) is 17.1. The summed E-state index contributed by atoms with van der Waals surface area (Å²) in [6.45, 7) is 3.00. The number of esters is 1. The molecule has 0 fully saturated rings. The molecule has 0 radical (unpaired) electrons. The van der Waals surface area contributed by atoms with Gasteiger partial charge in [-0.25, -0.2) is 4.79 Å². The molecule has 158 valence electrons. The Bertz CT molecular complexity index is 924. The maximum absolute atomic E-state index is 12.2. The lowest BCUT2D eigenvalue weighted by molar-refractivity contribution is -0.150. The number of benzene rings is 2. The van der Waals surface area contributed by atoms with Crippen LogP contribution in [0.2, 0.25) is 0 Å². The molecule has 0 aliphatic carbocycles. The Morgan fingerprint density at radius 1 is 1.13 bits per heavy atom. The van der Waals surface area contributed by atoms with Gasteiger partial charge in [0.05, 0.1) is 20.3 Å². The highest BCUT2D eigenvalue weighted by molar-refractivity contribution is 5.90. The molecule has 0 bridgehead atoms. The quantitative estimate of drug-likeness (QED) is 0.557. The number of ether oxygens (including phenoxy) is 4. The van der Waals surface area contributed by atoms with E-state index in [1.807, 2.05) is 30.3 Å². The topological polar surface area (TPSA) is 83.1 Å². The third-order valence-electron chi connectivity index (χ3n) is 4.49. The Kier molecular flexibility index (Phi) is 7.32. The standard InChI is InChI=1S/C23H25NO6/c1-16(23(26)24-15-18-6-3-4-7-19(18)27-2)30-22(25)11-9-17-8-10-20-21(14-17)29-13-5-12-28-20/h3-4,6-11,14,16H,5,12-13,15H2,1-2H3,(H,24,26)/b11-9+/t16-/m0/s1. The van der Waals surface area contributed by atoms with E-state index in [2.05, 4.69) is 5.32 Å². The number of fused-ring (bicyclic) bond motifs is 1. The molecule has 1 heterocycles. The number of para-hydroxylation sites is 1. The fraction of sp³-hybridized carbons (Fsp3) is 0.304. The van der Waals surface area contributed by atoms with Crippen LogP contribution in [0.4, 0.5) is 0 Å². The van der Waals surface area contributed by atoms with Crippen LogP contribution in [0.3, 0.4) is 0 Å². The third kappa shape index (κ3) is 5.76. The molecule has 7 heteroatoms. The van der Waals surface area contributed by atoms with Gasteiger partial charge in [0, 0.05) is 24.6 Å². The van der Waals surface area contributed by atoms with E-state index in [0.29, 0.717) is 30.5 Å². The molecule has 1 aliphatic heterocycles. The molecule has 2 aromatic carbocycles. The lowest BCUT2D eigenvalue weighted by Gasteiger charge is -2.13. The highest BCUT2D eigenvalue weighted by atomic mass is 16.5. The van der Waals surface area contributed by atoms with E-state index in [-0.39, 0.29) is 6.54 Å². The van der Waals surface area contributed by atoms with Crippen molar-refractivity contribution in [2.24, 2.45) is 0 Å². The molecular weight excluding hydrogens is 386 g/mol. The van der Waals surface area contributed by atoms with E-state index in [1.165, 1.54) is 13.0 Å². The SMILES string of the molecule is COc1ccccc1CNC(=O)[C@H](C)OC(=O)/C=C/c1ccc2c(c1)OCCCO2. The number of amides is 1. The average Bonchev–Trinajstić information content (AvgIpc) is 3.01. The Labute approximate surface area is 175 Å². The second-order valence-corrected chi connectivity index (χ2v) is 6.70. The summed E-state index contributed by atoms with van der Waals surface area (Å²) in [5.41, 5.74) is 1.60. The van der Waals surface area contributed by atoms with Crippen LogP contribution < -0.4 is 19.5 Å². The zero-order valence-corrected chi connectivity index (χ0v) is 17.1. The zero-order chi connectivity index (χ0) is 21.3. The molecule has 30 heavy (non-hydrogen) atoms. The average molecular weight is 411 g/mol. The lowest BCUT2D eigenvalue weighted by atomic mass is 10.2. The summed E-state index contributed by atoms with van der Waals surface area (Å²) in [4.78, 5) is 24.3. The molecule has 3 rings (SSSR count). The largest absolute Gasteiger partial charge is 0.496 e. The van der Waals surface area contributed by atoms with Crippen LogP contribution in [0.5, 0.6) is 17.2 Å². The van der Waals surface area contributed by atoms with Gasteiger partial charge in [0.15, 0.2) is 17.6 Å². The van der Waals surface area contributed by atoms with Crippen LogP contribution in [0.25, 0.3) is 6.08 Å². The van der Waals surface area contributed by atoms with Crippen molar-refractivity contribution in [3.8, 4) is 17.2 Å². The Balaban J connectivity index is 1.51. The number of hydrogen-bond donors (Lipinski definition) is 1. The maximum Gasteiger partial charge on any atom is 0.331 e. The van der Waals surface area contributed by atoms with E-state index in [9.17, 15) is 9.59 Å². The Morgan fingerprint density at radius 3 is 2.70 bits per heavy atom. The lowest BCUT2D eigenvalue weighted by Crippen LogP contribution is -2.35. The first kappa shape index (κ1) is 21.2. The van der Waals surface area contributed by atoms with Gasteiger partial charge in [0.2, 0.25) is 0 Å². The third-order valence-corrected chi connectivity index (χ3v) is 4.49. The highest BCUT2D eigenvalue weighted by Gasteiger charge is 2.17. The van der Waals surface area contributed by atoms with Crippen LogP contribution >= 0.6 is 0 Å². The number of rotatable bonds is 7. The van der Waals surface area contributed by atoms with Gasteiger partial charge in [-0.15, -0.1) is 0 Å². The summed E-state index contributed by atoms with van der Waals surface area (Å²) in [6.07, 6.45) is 2.78. The molecule has 1 aliphatic rings. The van der Waals surface area contributed by atoms with Gasteiger partial charge >= 0.3 is 5.97 Å². The van der Waals surface area contributed by atoms with Gasteiger partial charge in [-0.3, -0.25) is 4.79 Å². The molecule has 0 unspecified atom stereocenters. The molecular formula is C23H25NO6. The summed E-state index contributed by atoms with van der Waals surface area (Å²) in [5, 5.41) is 2.74. The van der Waals surface area contributed by atoms with E-state index in [4.69, 9.17) is 18.9 Å². The van der Waals surface area contributed by atoms with E-state index < -0.39 is 18.0 Å². The van der Waals surface area contributed by atoms with Crippen molar-refractivity contribution >= 4 is 18.0 Å². The fourth-order valence-electron chi connectivity index (χ4n) is 2.89. The minimum absolute atomic E-state index is 0.276. The summed E-state index contributed by atoms with van der Waals surface area (Å²) in [7, 11) is 1.57. The number of carbonyl (C=O) groups is 2. The number of carbonyl (C=O) groups excluding carboxylic acids is 2. The molecule has 2 aromatic rings. The second kappa shape index (κ2) is 10.3. The van der Waals surface area contributed by atoms with Gasteiger partial charge in [-0.2, -0.15) is 0 Å². The van der Waals surface area contributed by atoms with Gasteiger partial charge < -0.3 is 24.3 Å². The summed E-state index contributed by atoms with van der Waals surface area (Å²) < 4.78 is 21.7. The first-order valence-electron chi connectivity index (χ1n) is 9.75. The predicted molar refractivity (Wildman–Crippen MR) is 111 cm³/mol. The van der Waals surface area contributed by atoms with Crippen molar-refractivity contribution in [2.45, 2.75) is 26.0 Å². The Morgan fingerprint density at radius 2 is 1.90 bits per heavy atom. The minimum Gasteiger partial charge on any atom is -0.496 e. The minimum atomic E-state index is -0.930. The molecule has 1 atom stereocenters. The van der Waals surface area contributed by atoms with Crippen LogP contribution in [0.15, 0.2) is 48.5 Å². The molecule has 1 amide bonds. The van der Waals surface area contributed by atoms with Gasteiger partial charge in [0.25, 0.3) is 5.91 Å². The normalized spacial score (nSPS) is 13.9. The summed E-state index contributed by atoms with van der Waals surface area (Å²) in [6, 6.07) is 12.8. The number of hydrogen-bond acceptors (Lipinski definition) is 6. The second-order valence-electron chi connectivity index (χ2n) is 6.70. The van der Waals surface area contributed by atoms with E-state index in [1.54, 1.807) is 25.3 Å². The Hall–Kier alpha value is -3.48. The van der Waals surface area contributed by atoms with E-state index >= 15 is 0 Å². The molecule has 7 nitrogen and oxygen atoms in total. The van der Waals surface area contributed by atoms with Gasteiger partial charge in [0.1, 0.15) is 5.75 Å². The fourth-order valence-corrected chi connectivity index (χ4v) is 2.89. The van der Waals surface area contributed by atoms with Crippen LogP contribution in [0, 0.1) is 0 Å². The highest BCUT2D eigenvalue weighted by Crippen LogP contribution is 2.30. The van der Waals surface area contributed by atoms with E-state index in [0.717, 1.165) is 17.5 Å². The van der Waals surface area contributed by atoms with Crippen molar-refractivity contribution in [3.05, 3.63) is 59.7 Å². The number of nitrogens with one attached hydrogen (secondary N) is 1. The molecule has 1 N–H and O–H groups in total.